The number of Topliss-reactive ketones (excluding diaryl/α,β-unsaturated/α-hetero) is 2. The predicted octanol–water partition coefficient (Wildman–Crippen LogP) is 8.90. The fraction of sp³-hybridized carbons (Fsp3) is 0.917. The van der Waals surface area contributed by atoms with E-state index < -0.39 is 10.8 Å². The zero-order valence-corrected chi connectivity index (χ0v) is 41.1. The van der Waals surface area contributed by atoms with E-state index >= 15 is 0 Å². The Bertz CT molecular complexity index is 1160. The van der Waals surface area contributed by atoms with E-state index in [0.29, 0.717) is 85.5 Å². The monoisotopic (exact) mass is 897 g/mol. The van der Waals surface area contributed by atoms with E-state index in [4.69, 9.17) is 47.4 Å². The highest BCUT2D eigenvalue weighted by molar-refractivity contribution is 5.84. The van der Waals surface area contributed by atoms with Crippen molar-refractivity contribution in [2.75, 3.05) is 79.3 Å². The third kappa shape index (κ3) is 38.4. The Morgan fingerprint density at radius 2 is 0.677 bits per heavy atom. The van der Waals surface area contributed by atoms with Crippen LogP contribution >= 0.6 is 0 Å². The number of ketones is 2. The highest BCUT2D eigenvalue weighted by Gasteiger charge is 2.26. The molecule has 0 aliphatic heterocycles. The number of carbonyl (C=O) groups excluding carboxylic acids is 4. The van der Waals surface area contributed by atoms with Gasteiger partial charge in [0.25, 0.3) is 0 Å². The molecule has 0 rings (SSSR count). The van der Waals surface area contributed by atoms with Crippen LogP contribution in [0.15, 0.2) is 0 Å². The minimum Gasteiger partial charge on any atom is -0.463 e. The van der Waals surface area contributed by atoms with Gasteiger partial charge in [0.15, 0.2) is 0 Å². The van der Waals surface area contributed by atoms with E-state index in [9.17, 15) is 19.2 Å². The molecule has 0 aliphatic carbocycles. The summed E-state index contributed by atoms with van der Waals surface area (Å²) in [6.45, 7) is 38.7. The minimum absolute atomic E-state index is 0. The van der Waals surface area contributed by atoms with Crippen LogP contribution in [0.5, 0.6) is 0 Å². The van der Waals surface area contributed by atoms with Crippen LogP contribution in [0.3, 0.4) is 0 Å². The van der Waals surface area contributed by atoms with E-state index in [2.05, 4.69) is 0 Å². The van der Waals surface area contributed by atoms with Crippen molar-refractivity contribution < 1.29 is 66.5 Å². The molecule has 0 N–H and O–H groups in total. The smallest absolute Gasteiger partial charge is 0.311 e. The molecule has 0 aliphatic rings. The first-order valence-electron chi connectivity index (χ1n) is 21.7. The average molecular weight is 897 g/mol. The minimum atomic E-state index is -0.528. The molecule has 14 nitrogen and oxygen atoms in total. The van der Waals surface area contributed by atoms with Crippen molar-refractivity contribution in [2.45, 2.75) is 189 Å². The molecule has 14 heteroatoms. The molecule has 0 heterocycles. The molecule has 0 spiro atoms. The summed E-state index contributed by atoms with van der Waals surface area (Å²) in [7, 11) is 0. The van der Waals surface area contributed by atoms with Crippen molar-refractivity contribution in [3.8, 4) is 0 Å². The van der Waals surface area contributed by atoms with Crippen molar-refractivity contribution in [1.29, 1.82) is 0 Å². The van der Waals surface area contributed by atoms with Gasteiger partial charge in [0.05, 0.1) is 114 Å². The zero-order chi connectivity index (χ0) is 46.7. The lowest BCUT2D eigenvalue weighted by atomic mass is 9.89. The Hall–Kier alpha value is -2.04. The van der Waals surface area contributed by atoms with Gasteiger partial charge in [-0.2, -0.15) is 0 Å². The Morgan fingerprint density at radius 3 is 1.08 bits per heavy atom. The second-order valence-corrected chi connectivity index (χ2v) is 19.7. The topological polar surface area (TPSA) is 161 Å². The summed E-state index contributed by atoms with van der Waals surface area (Å²) < 4.78 is 55.5. The molecule has 0 radical (unpaired) electrons. The Balaban J connectivity index is -0.000000530. The summed E-state index contributed by atoms with van der Waals surface area (Å²) in [5.74, 6) is -0.0798. The second kappa shape index (κ2) is 34.3. The maximum absolute atomic E-state index is 11.9. The molecule has 0 aromatic rings. The second-order valence-electron chi connectivity index (χ2n) is 19.7. The lowest BCUT2D eigenvalue weighted by Gasteiger charge is -2.23. The van der Waals surface area contributed by atoms with E-state index in [0.717, 1.165) is 0 Å². The summed E-state index contributed by atoms with van der Waals surface area (Å²) >= 11 is 0. The van der Waals surface area contributed by atoms with Crippen molar-refractivity contribution in [3.05, 3.63) is 0 Å². The lowest BCUT2D eigenvalue weighted by Crippen LogP contribution is -2.31. The highest BCUT2D eigenvalue weighted by Crippen LogP contribution is 2.19. The average Bonchev–Trinajstić information content (AvgIpc) is 3.12. The van der Waals surface area contributed by atoms with Gasteiger partial charge in [0.1, 0.15) is 24.3 Å². The van der Waals surface area contributed by atoms with E-state index in [1.807, 2.05) is 125 Å². The molecular formula is C48H96O14. The van der Waals surface area contributed by atoms with Gasteiger partial charge in [0.2, 0.25) is 0 Å². The highest BCUT2D eigenvalue weighted by atomic mass is 16.6. The number of hydrogen-bond acceptors (Lipinski definition) is 14. The van der Waals surface area contributed by atoms with Gasteiger partial charge in [0, 0.05) is 23.7 Å². The van der Waals surface area contributed by atoms with Gasteiger partial charge in [-0.15, -0.1) is 0 Å². The fourth-order valence-corrected chi connectivity index (χ4v) is 4.27. The molecule has 0 saturated heterocycles. The van der Waals surface area contributed by atoms with Crippen molar-refractivity contribution in [3.63, 3.8) is 0 Å². The number of carbonyl (C=O) groups is 4. The van der Waals surface area contributed by atoms with Crippen LogP contribution in [0.2, 0.25) is 0 Å². The molecule has 0 amide bonds. The third-order valence-corrected chi connectivity index (χ3v) is 8.41. The van der Waals surface area contributed by atoms with E-state index in [1.54, 1.807) is 0 Å². The molecule has 62 heavy (non-hydrogen) atoms. The number of ether oxygens (including phenoxy) is 10. The first kappa shape index (κ1) is 66.6. The van der Waals surface area contributed by atoms with Gasteiger partial charge in [-0.1, -0.05) is 56.4 Å². The van der Waals surface area contributed by atoms with Crippen molar-refractivity contribution in [1.82, 2.24) is 0 Å². The van der Waals surface area contributed by atoms with Crippen LogP contribution in [0.1, 0.15) is 152 Å². The van der Waals surface area contributed by atoms with Crippen LogP contribution in [-0.4, -0.2) is 139 Å². The summed E-state index contributed by atoms with van der Waals surface area (Å²) in [5.41, 5.74) is -1.67. The molecule has 0 fully saturated rings. The quantitative estimate of drug-likeness (QED) is 0.0497. The van der Waals surface area contributed by atoms with Crippen LogP contribution < -0.4 is 0 Å². The van der Waals surface area contributed by atoms with Crippen LogP contribution in [0, 0.1) is 21.7 Å². The van der Waals surface area contributed by atoms with Crippen LogP contribution in [0.25, 0.3) is 0 Å². The molecule has 6 unspecified atom stereocenters. The first-order valence-corrected chi connectivity index (χ1v) is 21.7. The maximum atomic E-state index is 11.9. The summed E-state index contributed by atoms with van der Waals surface area (Å²) in [6.07, 6.45) is 0.0830. The van der Waals surface area contributed by atoms with Gasteiger partial charge in [-0.3, -0.25) is 19.2 Å². The Morgan fingerprint density at radius 1 is 0.355 bits per heavy atom. The molecule has 0 bridgehead atoms. The zero-order valence-electron chi connectivity index (χ0n) is 41.1. The Labute approximate surface area is 379 Å². The van der Waals surface area contributed by atoms with E-state index in [-0.39, 0.29) is 92.4 Å². The van der Waals surface area contributed by atoms with Crippen molar-refractivity contribution in [2.24, 2.45) is 21.7 Å². The number of esters is 2. The number of rotatable bonds is 30. The molecule has 0 saturated carbocycles. The molecule has 6 atom stereocenters. The number of hydrogen-bond donors (Lipinski definition) is 0. The predicted molar refractivity (Wildman–Crippen MR) is 247 cm³/mol. The van der Waals surface area contributed by atoms with Gasteiger partial charge in [-0.25, -0.2) is 0 Å². The summed E-state index contributed by atoms with van der Waals surface area (Å²) in [6, 6.07) is 0. The lowest BCUT2D eigenvalue weighted by molar-refractivity contribution is -0.162. The van der Waals surface area contributed by atoms with Crippen LogP contribution in [-0.2, 0) is 66.5 Å². The third-order valence-electron chi connectivity index (χ3n) is 8.41. The van der Waals surface area contributed by atoms with E-state index in [1.165, 1.54) is 0 Å². The summed E-state index contributed by atoms with van der Waals surface area (Å²) in [4.78, 5) is 47.2. The standard InChI is InChI=1S/C24H46O8.C22H42O6.2CH4/c1-17(13-27-11-12-28-21(25)23(5,6)7)29-14-18(2)30-15-19(3)31-16-20(4)32-22(26)24(8,9)10;1-17(27-12-10-20(24)22(6,7)8)16-26-13-14-28-18(2)15-25-11-9-19(23)21(3,4)5;;/h17-20H,11-16H2,1-10H3;17-18H,9-16H2,1-8H3;2*1H4. The largest absolute Gasteiger partial charge is 0.463 e. The molecule has 372 valence electrons. The molecule has 0 aromatic heterocycles. The normalized spacial score (nSPS) is 15.0. The first-order chi connectivity index (χ1) is 27.5. The maximum Gasteiger partial charge on any atom is 0.311 e. The SMILES string of the molecule is C.C.CC(COCCC(=O)C(C)(C)C)OCCOCC(C)OCCC(=O)C(C)(C)C.CC(COCCOC(=O)C(C)(C)C)OCC(C)OCC(C)OCC(C)OC(=O)C(C)(C)C. The van der Waals surface area contributed by atoms with Gasteiger partial charge in [-0.05, 0) is 83.1 Å². The van der Waals surface area contributed by atoms with Crippen LogP contribution in [0.4, 0.5) is 0 Å². The Kier molecular flexibility index (Phi) is 36.9. The molecular weight excluding hydrogens is 801 g/mol. The van der Waals surface area contributed by atoms with Crippen molar-refractivity contribution >= 4 is 23.5 Å². The fourth-order valence-electron chi connectivity index (χ4n) is 4.27. The summed E-state index contributed by atoms with van der Waals surface area (Å²) in [5, 5.41) is 0. The molecule has 0 aromatic carbocycles. The van der Waals surface area contributed by atoms with Gasteiger partial charge < -0.3 is 47.4 Å². The van der Waals surface area contributed by atoms with Gasteiger partial charge >= 0.3 is 11.9 Å².